The molecule has 3 aromatic heterocycles. The monoisotopic (exact) mass is 698 g/mol. The Morgan fingerprint density at radius 2 is 1.85 bits per heavy atom. The van der Waals surface area contributed by atoms with E-state index in [0.717, 1.165) is 11.3 Å². The van der Waals surface area contributed by atoms with Crippen molar-refractivity contribution in [3.63, 3.8) is 0 Å². The maximum absolute atomic E-state index is 14.0. The Morgan fingerprint density at radius 3 is 2.55 bits per heavy atom. The van der Waals surface area contributed by atoms with Gasteiger partial charge in [0.15, 0.2) is 5.78 Å². The summed E-state index contributed by atoms with van der Waals surface area (Å²) in [5, 5.41) is 10.2. The molecule has 1 aliphatic heterocycles. The molecule has 4 aromatic rings. The normalized spacial score (nSPS) is 15.7. The van der Waals surface area contributed by atoms with Crippen LogP contribution in [0.2, 0.25) is 9.36 Å². The van der Waals surface area contributed by atoms with Gasteiger partial charge in [-0.25, -0.2) is 4.39 Å². The van der Waals surface area contributed by atoms with Gasteiger partial charge in [-0.2, -0.15) is 5.10 Å². The van der Waals surface area contributed by atoms with Crippen LogP contribution < -0.4 is 10.6 Å². The summed E-state index contributed by atoms with van der Waals surface area (Å²) in [5.74, 6) is -1.70. The van der Waals surface area contributed by atoms with Gasteiger partial charge in [0.2, 0.25) is 5.91 Å². The van der Waals surface area contributed by atoms with Crippen molar-refractivity contribution in [1.82, 2.24) is 30.3 Å². The fourth-order valence-electron chi connectivity index (χ4n) is 5.73. The van der Waals surface area contributed by atoms with E-state index < -0.39 is 35.8 Å². The van der Waals surface area contributed by atoms with Crippen LogP contribution >= 0.6 is 34.5 Å². The lowest BCUT2D eigenvalue weighted by molar-refractivity contribution is -0.138. The van der Waals surface area contributed by atoms with E-state index in [1.54, 1.807) is 49.0 Å². The number of thiophene rings is 1. The fraction of sp³-hybridized carbons (Fsp3) is 0.333. The van der Waals surface area contributed by atoms with Gasteiger partial charge < -0.3 is 15.5 Å². The van der Waals surface area contributed by atoms with E-state index in [4.69, 9.17) is 23.2 Å². The van der Waals surface area contributed by atoms with Crippen molar-refractivity contribution in [3.05, 3.63) is 92.2 Å². The maximum Gasteiger partial charge on any atom is 0.261 e. The number of rotatable bonds is 12. The molecule has 2 N–H and O–H groups in total. The van der Waals surface area contributed by atoms with Crippen molar-refractivity contribution in [3.8, 4) is 11.3 Å². The van der Waals surface area contributed by atoms with E-state index in [1.807, 2.05) is 0 Å². The van der Waals surface area contributed by atoms with E-state index in [0.29, 0.717) is 56.0 Å². The number of likely N-dealkylation sites (tertiary alicyclic amines) is 1. The lowest BCUT2D eigenvalue weighted by Crippen LogP contribution is -2.50. The average molecular weight is 700 g/mol. The van der Waals surface area contributed by atoms with Gasteiger partial charge in [0.25, 0.3) is 11.8 Å². The average Bonchev–Trinajstić information content (AvgIpc) is 3.78. The summed E-state index contributed by atoms with van der Waals surface area (Å²) >= 11 is 13.9. The fourth-order valence-corrected chi connectivity index (χ4v) is 7.18. The number of benzene rings is 1. The molecule has 0 radical (unpaired) electrons. The predicted octanol–water partition coefficient (Wildman–Crippen LogP) is 5.49. The first kappa shape index (κ1) is 34.2. The van der Waals surface area contributed by atoms with Gasteiger partial charge >= 0.3 is 0 Å². The highest BCUT2D eigenvalue weighted by Gasteiger charge is 2.36. The summed E-state index contributed by atoms with van der Waals surface area (Å²) in [6.07, 6.45) is 6.25. The molecule has 0 bridgehead atoms. The number of nitrogens with one attached hydrogen (secondary N) is 2. The zero-order chi connectivity index (χ0) is 33.7. The molecule has 0 spiro atoms. The minimum absolute atomic E-state index is 0.0769. The number of hydrogen-bond donors (Lipinski definition) is 2. The number of carbonyl (C=O) groups excluding carboxylic acids is 4. The van der Waals surface area contributed by atoms with Crippen LogP contribution in [0.1, 0.15) is 58.2 Å². The number of aryl methyl sites for hydroxylation is 1. The molecule has 3 amide bonds. The van der Waals surface area contributed by atoms with Gasteiger partial charge in [-0.15, -0.1) is 11.3 Å². The Hall–Kier alpha value is -4.13. The predicted molar refractivity (Wildman–Crippen MR) is 178 cm³/mol. The van der Waals surface area contributed by atoms with Gasteiger partial charge in [0.1, 0.15) is 16.2 Å². The Labute approximate surface area is 285 Å². The number of ketones is 1. The summed E-state index contributed by atoms with van der Waals surface area (Å²) in [6.45, 7) is 1.99. The zero-order valence-electron chi connectivity index (χ0n) is 25.7. The lowest BCUT2D eigenvalue weighted by Gasteiger charge is -2.27. The Morgan fingerprint density at radius 1 is 1.09 bits per heavy atom. The van der Waals surface area contributed by atoms with Gasteiger partial charge in [-0.3, -0.25) is 28.8 Å². The van der Waals surface area contributed by atoms with E-state index >= 15 is 0 Å². The van der Waals surface area contributed by atoms with Crippen LogP contribution in [0, 0.1) is 5.82 Å². The van der Waals surface area contributed by atoms with Gasteiger partial charge in [-0.1, -0.05) is 35.3 Å². The molecule has 1 aromatic carbocycles. The number of nitrogens with zero attached hydrogens (tertiary/aromatic N) is 4. The largest absolute Gasteiger partial charge is 0.348 e. The molecule has 1 fully saturated rings. The molecule has 4 heterocycles. The number of aromatic nitrogens is 3. The molecule has 0 unspecified atom stereocenters. The van der Waals surface area contributed by atoms with Crippen molar-refractivity contribution in [1.29, 1.82) is 0 Å². The Bertz CT molecular complexity index is 1760. The molecule has 10 nitrogen and oxygen atoms in total. The second kappa shape index (κ2) is 15.2. The van der Waals surface area contributed by atoms with Crippen molar-refractivity contribution in [2.24, 2.45) is 7.05 Å². The topological polar surface area (TPSA) is 126 Å². The first-order chi connectivity index (χ1) is 22.5. The molecule has 246 valence electrons. The summed E-state index contributed by atoms with van der Waals surface area (Å²) in [4.78, 5) is 58.7. The molecule has 5 rings (SSSR count). The van der Waals surface area contributed by atoms with E-state index in [9.17, 15) is 23.6 Å². The van der Waals surface area contributed by atoms with E-state index in [-0.39, 0.29) is 31.0 Å². The van der Waals surface area contributed by atoms with Crippen LogP contribution in [-0.4, -0.2) is 67.8 Å². The molecular weight excluding hydrogens is 666 g/mol. The van der Waals surface area contributed by atoms with Crippen LogP contribution in [0.25, 0.3) is 11.3 Å². The van der Waals surface area contributed by atoms with Crippen molar-refractivity contribution < 1.29 is 23.6 Å². The standard InChI is InChI=1S/C33H33Cl2FN6O4S/c1-19(39-31(44)21-10-12-37-13-11-21)33(46)42-14-4-7-26(42)27(43)9-8-23(16-20-5-3-6-22(36)15-20)40-32(45)28-17-24(30(35)47-28)29-25(34)18-38-41(29)2/h3,5-6,10-13,15,17-19,23,26H,4,7-9,14,16H2,1-2H3,(H,39,44)(H,40,45)/t19-,23-,26+/m1/s1. The minimum Gasteiger partial charge on any atom is -0.348 e. The number of carbonyl (C=O) groups is 4. The second-order valence-corrected chi connectivity index (χ2v) is 13.5. The quantitative estimate of drug-likeness (QED) is 0.202. The molecule has 1 saturated heterocycles. The number of Topliss-reactive ketones (excluding diaryl/α,β-unsaturated/α-hetero) is 1. The zero-order valence-corrected chi connectivity index (χ0v) is 28.0. The smallest absolute Gasteiger partial charge is 0.261 e. The Kier molecular flexibility index (Phi) is 11.1. The van der Waals surface area contributed by atoms with Gasteiger partial charge in [-0.05, 0) is 68.5 Å². The van der Waals surface area contributed by atoms with Gasteiger partial charge in [0.05, 0.1) is 27.8 Å². The molecule has 14 heteroatoms. The van der Waals surface area contributed by atoms with Gasteiger partial charge in [0, 0.05) is 49.6 Å². The SMILES string of the molecule is C[C@@H](NC(=O)c1ccncc1)C(=O)N1CCC[C@H]1C(=O)CC[C@H](Cc1cccc(F)c1)NC(=O)c1cc(-c2c(Cl)cnn2C)c(Cl)s1. The van der Waals surface area contributed by atoms with Crippen LogP contribution in [0.3, 0.4) is 0 Å². The minimum atomic E-state index is -0.840. The third-order valence-corrected chi connectivity index (χ3v) is 9.71. The molecule has 47 heavy (non-hydrogen) atoms. The first-order valence-electron chi connectivity index (χ1n) is 15.1. The highest BCUT2D eigenvalue weighted by molar-refractivity contribution is 7.18. The molecular formula is C33H33Cl2FN6O4S. The lowest BCUT2D eigenvalue weighted by atomic mass is 9.97. The molecule has 1 aliphatic rings. The summed E-state index contributed by atoms with van der Waals surface area (Å²) in [5.41, 5.74) is 2.18. The molecule has 0 aliphatic carbocycles. The summed E-state index contributed by atoms with van der Waals surface area (Å²) in [6, 6.07) is 8.82. The van der Waals surface area contributed by atoms with Crippen LogP contribution in [0.5, 0.6) is 0 Å². The van der Waals surface area contributed by atoms with Crippen molar-refractivity contribution in [2.75, 3.05) is 6.54 Å². The molecule has 0 saturated carbocycles. The summed E-state index contributed by atoms with van der Waals surface area (Å²) < 4.78 is 16.0. The number of pyridine rings is 1. The number of hydrogen-bond acceptors (Lipinski definition) is 7. The van der Waals surface area contributed by atoms with Crippen LogP contribution in [-0.2, 0) is 23.1 Å². The van der Waals surface area contributed by atoms with Crippen LogP contribution in [0.15, 0.2) is 61.1 Å². The number of amides is 3. The Balaban J connectivity index is 1.26. The maximum atomic E-state index is 14.0. The van der Waals surface area contributed by atoms with Crippen LogP contribution in [0.4, 0.5) is 4.39 Å². The third kappa shape index (κ3) is 8.24. The van der Waals surface area contributed by atoms with Crippen molar-refractivity contribution >= 4 is 58.0 Å². The molecule has 3 atom stereocenters. The second-order valence-electron chi connectivity index (χ2n) is 11.4. The van der Waals surface area contributed by atoms with E-state index in [2.05, 4.69) is 20.7 Å². The highest BCUT2D eigenvalue weighted by atomic mass is 35.5. The highest BCUT2D eigenvalue weighted by Crippen LogP contribution is 2.38. The summed E-state index contributed by atoms with van der Waals surface area (Å²) in [7, 11) is 1.72. The number of halogens is 3. The third-order valence-electron chi connectivity index (χ3n) is 8.07. The van der Waals surface area contributed by atoms with E-state index in [1.165, 1.54) is 35.6 Å². The first-order valence-corrected chi connectivity index (χ1v) is 16.7. The van der Waals surface area contributed by atoms with Crippen molar-refractivity contribution in [2.45, 2.75) is 57.2 Å².